The summed E-state index contributed by atoms with van der Waals surface area (Å²) in [4.78, 5) is 20.3. The Morgan fingerprint density at radius 1 is 0.742 bits per heavy atom. The monoisotopic (exact) mass is 493 g/mol. The molecule has 0 saturated carbocycles. The van der Waals surface area contributed by atoms with Crippen LogP contribution in [-0.2, 0) is 34.6 Å². The van der Waals surface area contributed by atoms with Crippen molar-refractivity contribution in [2.24, 2.45) is 5.73 Å². The van der Waals surface area contributed by atoms with Crippen molar-refractivity contribution in [2.75, 3.05) is 24.7 Å². The molecule has 0 atom stereocenters. The van der Waals surface area contributed by atoms with E-state index >= 15 is 0 Å². The van der Waals surface area contributed by atoms with Crippen LogP contribution >= 0.6 is 0 Å². The highest BCUT2D eigenvalue weighted by atomic mass is 32.2. The molecule has 0 spiro atoms. The molecule has 0 rings (SSSR count). The average Bonchev–Trinajstić information content (AvgIpc) is 2.59. The van der Waals surface area contributed by atoms with Crippen LogP contribution in [-0.4, -0.2) is 67.6 Å². The highest BCUT2D eigenvalue weighted by Gasteiger charge is 2.13. The van der Waals surface area contributed by atoms with E-state index in [-0.39, 0.29) is 6.61 Å². The van der Waals surface area contributed by atoms with Gasteiger partial charge in [0.1, 0.15) is 0 Å². The predicted molar refractivity (Wildman–Crippen MR) is 118 cm³/mol. The number of esters is 1. The molecule has 0 amide bonds. The molecular formula is C18H39NO10S2. The largest absolute Gasteiger partial charge is 0.480 e. The van der Waals surface area contributed by atoms with Gasteiger partial charge in [0, 0.05) is 0 Å². The van der Waals surface area contributed by atoms with Gasteiger partial charge in [0.05, 0.1) is 6.61 Å². The van der Waals surface area contributed by atoms with Crippen LogP contribution in [0.4, 0.5) is 0 Å². The van der Waals surface area contributed by atoms with Gasteiger partial charge in [0.2, 0.25) is 0 Å². The topological polar surface area (TPSA) is 198 Å². The summed E-state index contributed by atoms with van der Waals surface area (Å²) >= 11 is 0. The summed E-state index contributed by atoms with van der Waals surface area (Å²) < 4.78 is 60.5. The lowest BCUT2D eigenvalue weighted by molar-refractivity contribution is -0.140. The zero-order chi connectivity index (χ0) is 24.8. The summed E-state index contributed by atoms with van der Waals surface area (Å²) in [5, 5.41) is 7.71. The fourth-order valence-electron chi connectivity index (χ4n) is 1.99. The normalized spacial score (nSPS) is 10.9. The third-order valence-electron chi connectivity index (χ3n) is 3.42. The smallest absolute Gasteiger partial charge is 0.323 e. The number of ether oxygens (including phenoxy) is 1. The Bertz CT molecular complexity index is 642. The second-order valence-electron chi connectivity index (χ2n) is 6.68. The van der Waals surface area contributed by atoms with Crippen molar-refractivity contribution in [3.8, 4) is 0 Å². The van der Waals surface area contributed by atoms with E-state index in [1.807, 2.05) is 0 Å². The number of hydrogen-bond donors (Lipinski definition) is 4. The van der Waals surface area contributed by atoms with Crippen molar-refractivity contribution < 1.29 is 45.4 Å². The lowest BCUT2D eigenvalue weighted by atomic mass is 10.2. The van der Waals surface area contributed by atoms with E-state index in [9.17, 15) is 26.4 Å². The van der Waals surface area contributed by atoms with E-state index < -0.39 is 43.7 Å². The molecule has 0 fully saturated rings. The molecular weight excluding hydrogens is 454 g/mol. The molecule has 0 aliphatic heterocycles. The summed E-state index contributed by atoms with van der Waals surface area (Å²) in [6, 6.07) is 0. The quantitative estimate of drug-likeness (QED) is 0.148. The van der Waals surface area contributed by atoms with E-state index in [1.54, 1.807) is 0 Å². The van der Waals surface area contributed by atoms with Gasteiger partial charge in [-0.1, -0.05) is 65.2 Å². The summed E-state index contributed by atoms with van der Waals surface area (Å²) in [5.41, 5.74) is 5.31. The van der Waals surface area contributed by atoms with Crippen LogP contribution in [0.15, 0.2) is 0 Å². The maximum atomic E-state index is 10.8. The van der Waals surface area contributed by atoms with Crippen molar-refractivity contribution in [3.63, 3.8) is 0 Å². The Morgan fingerprint density at radius 2 is 1.16 bits per heavy atom. The minimum absolute atomic E-state index is 0.220. The van der Waals surface area contributed by atoms with Gasteiger partial charge >= 0.3 is 11.9 Å². The van der Waals surface area contributed by atoms with Crippen molar-refractivity contribution in [1.29, 1.82) is 0 Å². The molecule has 5 N–H and O–H groups in total. The van der Waals surface area contributed by atoms with Gasteiger partial charge in [-0.2, -0.15) is 16.8 Å². The first-order valence-corrected chi connectivity index (χ1v) is 13.5. The first kappa shape index (κ1) is 34.3. The molecule has 0 aromatic heterocycles. The lowest BCUT2D eigenvalue weighted by Crippen LogP contribution is -2.18. The molecule has 0 heterocycles. The van der Waals surface area contributed by atoms with Crippen LogP contribution in [0.2, 0.25) is 0 Å². The number of carboxylic acid groups (broad SMARTS) is 1. The van der Waals surface area contributed by atoms with Crippen molar-refractivity contribution in [1.82, 2.24) is 0 Å². The van der Waals surface area contributed by atoms with Crippen LogP contribution in [0.25, 0.3) is 0 Å². The number of nitrogens with two attached hydrogens (primary N) is 1. The average molecular weight is 494 g/mol. The maximum absolute atomic E-state index is 10.8. The number of rotatable bonds is 15. The van der Waals surface area contributed by atoms with Crippen molar-refractivity contribution in [2.45, 2.75) is 78.1 Å². The fraction of sp³-hybridized carbons (Fsp3) is 0.889. The number of hydrogen-bond acceptors (Lipinski definition) is 8. The molecule has 0 saturated heterocycles. The molecule has 0 unspecified atom stereocenters. The van der Waals surface area contributed by atoms with Crippen LogP contribution < -0.4 is 5.73 Å². The Balaban J connectivity index is -0.000000415. The summed E-state index contributed by atoms with van der Waals surface area (Å²) in [6.07, 6.45) is 11.7. The number of unbranched alkanes of at least 4 members (excludes halogenated alkanes) is 8. The SMILES string of the molecule is CCCCCCCN.CCCCCCCOC(=O)CS(=O)(=O)O.O=C(O)CS(=O)(=O)O. The summed E-state index contributed by atoms with van der Waals surface area (Å²) in [6.45, 7) is 5.41. The number of carbonyl (C=O) groups excluding carboxylic acids is 1. The standard InChI is InChI=1S/C9H18O5S.C7H17N.C2H4O5S/c1-2-3-4-5-6-7-14-9(10)8-15(11,12)13;1-2-3-4-5-6-7-8;3-2(4)1-8(5,6)7/h2-8H2,1H3,(H,11,12,13);2-8H2,1H3;1H2,(H,3,4)(H,5,6,7). The number of carboxylic acids is 1. The molecule has 0 bridgehead atoms. The van der Waals surface area contributed by atoms with Gasteiger partial charge in [-0.15, -0.1) is 0 Å². The Morgan fingerprint density at radius 3 is 1.48 bits per heavy atom. The second-order valence-corrected chi connectivity index (χ2v) is 9.59. The fourth-order valence-corrected chi connectivity index (χ4v) is 2.68. The molecule has 11 nitrogen and oxygen atoms in total. The van der Waals surface area contributed by atoms with Gasteiger partial charge in [-0.05, 0) is 19.4 Å². The van der Waals surface area contributed by atoms with Crippen LogP contribution in [0, 0.1) is 0 Å². The zero-order valence-electron chi connectivity index (χ0n) is 18.5. The molecule has 31 heavy (non-hydrogen) atoms. The number of aliphatic carboxylic acids is 1. The first-order valence-electron chi connectivity index (χ1n) is 10.3. The Kier molecular flexibility index (Phi) is 24.3. The van der Waals surface area contributed by atoms with Crippen LogP contribution in [0.3, 0.4) is 0 Å². The molecule has 0 aliphatic rings. The van der Waals surface area contributed by atoms with Crippen LogP contribution in [0.5, 0.6) is 0 Å². The van der Waals surface area contributed by atoms with Crippen LogP contribution in [0.1, 0.15) is 78.1 Å². The van der Waals surface area contributed by atoms with Gasteiger partial charge < -0.3 is 15.6 Å². The summed E-state index contributed by atoms with van der Waals surface area (Å²) in [5.74, 6) is -4.64. The molecule has 0 aromatic rings. The molecule has 188 valence electrons. The minimum Gasteiger partial charge on any atom is -0.480 e. The first-order chi connectivity index (χ1) is 14.3. The predicted octanol–water partition coefficient (Wildman–Crippen LogP) is 2.26. The number of carbonyl (C=O) groups is 2. The highest BCUT2D eigenvalue weighted by molar-refractivity contribution is 7.86. The van der Waals surface area contributed by atoms with Gasteiger partial charge in [0.25, 0.3) is 20.2 Å². The van der Waals surface area contributed by atoms with Gasteiger partial charge in [0.15, 0.2) is 11.5 Å². The third kappa shape index (κ3) is 43.5. The third-order valence-corrected chi connectivity index (χ3v) is 4.64. The van der Waals surface area contributed by atoms with E-state index in [4.69, 9.17) is 19.9 Å². The highest BCUT2D eigenvalue weighted by Crippen LogP contribution is 2.02. The molecule has 0 aliphatic carbocycles. The Labute approximate surface area is 186 Å². The Hall–Kier alpha value is -1.28. The minimum atomic E-state index is -4.32. The zero-order valence-corrected chi connectivity index (χ0v) is 20.1. The van der Waals surface area contributed by atoms with E-state index in [1.165, 1.54) is 32.1 Å². The van der Waals surface area contributed by atoms with Crippen molar-refractivity contribution >= 4 is 32.2 Å². The van der Waals surface area contributed by atoms with E-state index in [0.717, 1.165) is 38.6 Å². The lowest BCUT2D eigenvalue weighted by Gasteiger charge is -2.03. The van der Waals surface area contributed by atoms with Crippen molar-refractivity contribution in [3.05, 3.63) is 0 Å². The van der Waals surface area contributed by atoms with E-state index in [2.05, 4.69) is 18.6 Å². The summed E-state index contributed by atoms with van der Waals surface area (Å²) in [7, 11) is -8.57. The maximum Gasteiger partial charge on any atom is 0.323 e. The van der Waals surface area contributed by atoms with Gasteiger partial charge in [-0.25, -0.2) is 0 Å². The molecule has 13 heteroatoms. The second kappa shape index (κ2) is 21.9. The molecule has 0 radical (unpaired) electrons. The van der Waals surface area contributed by atoms with Gasteiger partial charge in [-0.3, -0.25) is 18.7 Å². The van der Waals surface area contributed by atoms with E-state index in [0.29, 0.717) is 0 Å². The molecule has 0 aromatic carbocycles.